The van der Waals surface area contributed by atoms with Crippen molar-refractivity contribution in [1.82, 2.24) is 9.97 Å². The maximum atomic E-state index is 13.4. The van der Waals surface area contributed by atoms with Crippen molar-refractivity contribution < 1.29 is 4.39 Å². The fourth-order valence-electron chi connectivity index (χ4n) is 1.91. The Bertz CT molecular complexity index is 580. The molecule has 5 heteroatoms. The number of aromatic nitrogens is 2. The zero-order chi connectivity index (χ0) is 14.5. The van der Waals surface area contributed by atoms with Gasteiger partial charge in [0.2, 0.25) is 0 Å². The Kier molecular flexibility index (Phi) is 5.01. The Hall–Kier alpha value is -1.55. The van der Waals surface area contributed by atoms with Gasteiger partial charge in [-0.05, 0) is 31.0 Å². The summed E-state index contributed by atoms with van der Waals surface area (Å²) in [5, 5.41) is 3.63. The fraction of sp³-hybridized carbons (Fsp3) is 0.400. The smallest absolute Gasteiger partial charge is 0.152 e. The number of anilines is 1. The third-order valence-electron chi connectivity index (χ3n) is 3.19. The first-order valence-electron chi connectivity index (χ1n) is 6.83. The number of H-pyrrole nitrogens is 1. The van der Waals surface area contributed by atoms with E-state index in [0.717, 1.165) is 36.5 Å². The number of nitrogens with one attached hydrogen (secondary N) is 2. The van der Waals surface area contributed by atoms with E-state index in [9.17, 15) is 4.39 Å². The van der Waals surface area contributed by atoms with Crippen LogP contribution in [0.5, 0.6) is 0 Å². The SMILES string of the molecule is CCCCc1nc(Cl)c(CNc2ccc(C)c(F)c2)[nH]1. The summed E-state index contributed by atoms with van der Waals surface area (Å²) in [5.74, 6) is 0.693. The Balaban J connectivity index is 1.99. The maximum absolute atomic E-state index is 13.4. The summed E-state index contributed by atoms with van der Waals surface area (Å²) in [6.07, 6.45) is 3.10. The lowest BCUT2D eigenvalue weighted by atomic mass is 10.2. The van der Waals surface area contributed by atoms with Crippen LogP contribution >= 0.6 is 11.6 Å². The molecule has 0 amide bonds. The molecule has 0 atom stereocenters. The minimum Gasteiger partial charge on any atom is -0.379 e. The highest BCUT2D eigenvalue weighted by Gasteiger charge is 2.08. The van der Waals surface area contributed by atoms with Gasteiger partial charge in [-0.3, -0.25) is 0 Å². The molecule has 0 aliphatic carbocycles. The molecule has 2 aromatic rings. The number of hydrogen-bond donors (Lipinski definition) is 2. The van der Waals surface area contributed by atoms with Crippen LogP contribution in [0.3, 0.4) is 0 Å². The number of rotatable bonds is 6. The summed E-state index contributed by atoms with van der Waals surface area (Å²) in [6.45, 7) is 4.38. The molecule has 0 aliphatic heterocycles. The molecule has 0 radical (unpaired) electrons. The van der Waals surface area contributed by atoms with Crippen LogP contribution in [-0.2, 0) is 13.0 Å². The number of benzene rings is 1. The van der Waals surface area contributed by atoms with Crippen molar-refractivity contribution in [2.24, 2.45) is 0 Å². The Morgan fingerprint density at radius 2 is 2.20 bits per heavy atom. The molecule has 1 aromatic heterocycles. The summed E-state index contributed by atoms with van der Waals surface area (Å²) in [6, 6.07) is 5.08. The molecular weight excluding hydrogens is 277 g/mol. The summed E-state index contributed by atoms with van der Waals surface area (Å²) in [7, 11) is 0. The molecule has 0 bridgehead atoms. The van der Waals surface area contributed by atoms with E-state index >= 15 is 0 Å². The fourth-order valence-corrected chi connectivity index (χ4v) is 2.13. The van der Waals surface area contributed by atoms with Gasteiger partial charge in [0.15, 0.2) is 5.15 Å². The molecular formula is C15H19ClFN3. The van der Waals surface area contributed by atoms with Gasteiger partial charge in [-0.1, -0.05) is 31.0 Å². The third kappa shape index (κ3) is 3.73. The van der Waals surface area contributed by atoms with Gasteiger partial charge in [0.1, 0.15) is 11.6 Å². The Morgan fingerprint density at radius 1 is 1.40 bits per heavy atom. The average molecular weight is 296 g/mol. The number of aromatic amines is 1. The van der Waals surface area contributed by atoms with E-state index in [2.05, 4.69) is 22.2 Å². The molecule has 0 saturated carbocycles. The topological polar surface area (TPSA) is 40.7 Å². The molecule has 20 heavy (non-hydrogen) atoms. The number of halogens is 2. The molecule has 1 aromatic carbocycles. The largest absolute Gasteiger partial charge is 0.379 e. The quantitative estimate of drug-likeness (QED) is 0.826. The van der Waals surface area contributed by atoms with Gasteiger partial charge in [-0.25, -0.2) is 9.37 Å². The van der Waals surface area contributed by atoms with Crippen LogP contribution in [-0.4, -0.2) is 9.97 Å². The zero-order valence-corrected chi connectivity index (χ0v) is 12.5. The van der Waals surface area contributed by atoms with E-state index in [1.165, 1.54) is 6.07 Å². The summed E-state index contributed by atoms with van der Waals surface area (Å²) in [4.78, 5) is 7.50. The Labute approximate surface area is 123 Å². The molecule has 0 spiro atoms. The number of hydrogen-bond acceptors (Lipinski definition) is 2. The number of nitrogens with zero attached hydrogens (tertiary/aromatic N) is 1. The predicted octanol–water partition coefficient (Wildman–Crippen LogP) is 4.47. The van der Waals surface area contributed by atoms with Crippen LogP contribution in [0.25, 0.3) is 0 Å². The first-order valence-corrected chi connectivity index (χ1v) is 7.21. The van der Waals surface area contributed by atoms with Gasteiger partial charge in [0.05, 0.1) is 12.2 Å². The lowest BCUT2D eigenvalue weighted by Crippen LogP contribution is -2.01. The second kappa shape index (κ2) is 6.75. The first kappa shape index (κ1) is 14.9. The molecule has 3 nitrogen and oxygen atoms in total. The minimum absolute atomic E-state index is 0.214. The van der Waals surface area contributed by atoms with Crippen LogP contribution < -0.4 is 5.32 Å². The zero-order valence-electron chi connectivity index (χ0n) is 11.8. The molecule has 2 rings (SSSR count). The van der Waals surface area contributed by atoms with Crippen molar-refractivity contribution in [1.29, 1.82) is 0 Å². The van der Waals surface area contributed by atoms with Gasteiger partial charge >= 0.3 is 0 Å². The van der Waals surface area contributed by atoms with E-state index in [-0.39, 0.29) is 5.82 Å². The molecule has 2 N–H and O–H groups in total. The highest BCUT2D eigenvalue weighted by Crippen LogP contribution is 2.18. The van der Waals surface area contributed by atoms with Crippen LogP contribution in [0.15, 0.2) is 18.2 Å². The maximum Gasteiger partial charge on any atom is 0.152 e. The molecule has 108 valence electrons. The number of unbranched alkanes of at least 4 members (excludes halogenated alkanes) is 1. The summed E-state index contributed by atoms with van der Waals surface area (Å²) < 4.78 is 13.4. The second-order valence-corrected chi connectivity index (χ2v) is 5.23. The van der Waals surface area contributed by atoms with Crippen LogP contribution in [0.2, 0.25) is 5.15 Å². The molecule has 0 fully saturated rings. The second-order valence-electron chi connectivity index (χ2n) is 4.87. The van der Waals surface area contributed by atoms with Crippen LogP contribution in [0, 0.1) is 12.7 Å². The minimum atomic E-state index is -0.214. The van der Waals surface area contributed by atoms with Gasteiger partial charge in [-0.2, -0.15) is 0 Å². The van der Waals surface area contributed by atoms with Crippen molar-refractivity contribution in [2.45, 2.75) is 39.7 Å². The van der Waals surface area contributed by atoms with Crippen molar-refractivity contribution in [3.8, 4) is 0 Å². The summed E-state index contributed by atoms with van der Waals surface area (Å²) in [5.41, 5.74) is 2.20. The van der Waals surface area contributed by atoms with Gasteiger partial charge in [-0.15, -0.1) is 0 Å². The van der Waals surface area contributed by atoms with Crippen molar-refractivity contribution in [2.75, 3.05) is 5.32 Å². The number of aryl methyl sites for hydroxylation is 2. The van der Waals surface area contributed by atoms with Gasteiger partial charge in [0.25, 0.3) is 0 Å². The Morgan fingerprint density at radius 3 is 2.90 bits per heavy atom. The lowest BCUT2D eigenvalue weighted by molar-refractivity contribution is 0.619. The van der Waals surface area contributed by atoms with E-state index in [0.29, 0.717) is 17.3 Å². The highest BCUT2D eigenvalue weighted by atomic mass is 35.5. The third-order valence-corrected chi connectivity index (χ3v) is 3.50. The number of imidazole rings is 1. The average Bonchev–Trinajstić information content (AvgIpc) is 2.78. The van der Waals surface area contributed by atoms with E-state index < -0.39 is 0 Å². The van der Waals surface area contributed by atoms with Crippen molar-refractivity contribution in [3.63, 3.8) is 0 Å². The molecule has 1 heterocycles. The van der Waals surface area contributed by atoms with Gasteiger partial charge in [0, 0.05) is 12.1 Å². The van der Waals surface area contributed by atoms with Crippen LogP contribution in [0.4, 0.5) is 10.1 Å². The molecule has 0 unspecified atom stereocenters. The van der Waals surface area contributed by atoms with Crippen LogP contribution in [0.1, 0.15) is 36.8 Å². The predicted molar refractivity (Wildman–Crippen MR) is 80.7 cm³/mol. The van der Waals surface area contributed by atoms with E-state index in [1.54, 1.807) is 13.0 Å². The molecule has 0 aliphatic rings. The monoisotopic (exact) mass is 295 g/mol. The van der Waals surface area contributed by atoms with Gasteiger partial charge < -0.3 is 10.3 Å². The van der Waals surface area contributed by atoms with Crippen molar-refractivity contribution in [3.05, 3.63) is 46.3 Å². The summed E-state index contributed by atoms with van der Waals surface area (Å²) >= 11 is 6.09. The highest BCUT2D eigenvalue weighted by molar-refractivity contribution is 6.30. The standard InChI is InChI=1S/C15H19ClFN3/c1-3-4-5-14-19-13(15(16)20-14)9-18-11-7-6-10(2)12(17)8-11/h6-8,18H,3-5,9H2,1-2H3,(H,19,20). The molecule has 0 saturated heterocycles. The van der Waals surface area contributed by atoms with E-state index in [4.69, 9.17) is 11.6 Å². The van der Waals surface area contributed by atoms with Crippen molar-refractivity contribution >= 4 is 17.3 Å². The first-order chi connectivity index (χ1) is 9.60. The normalized spacial score (nSPS) is 10.8. The van der Waals surface area contributed by atoms with E-state index in [1.807, 2.05) is 6.07 Å². The lowest BCUT2D eigenvalue weighted by Gasteiger charge is -2.06.